The van der Waals surface area contributed by atoms with E-state index >= 15 is 0 Å². The predicted octanol–water partition coefficient (Wildman–Crippen LogP) is 0.447. The second kappa shape index (κ2) is 7.44. The summed E-state index contributed by atoms with van der Waals surface area (Å²) in [6.45, 7) is 0.561. The number of carbonyl (C=O) groups excluding carboxylic acids is 4. The van der Waals surface area contributed by atoms with Crippen LogP contribution in [0.15, 0.2) is 18.2 Å². The monoisotopic (exact) mass is 384 g/mol. The summed E-state index contributed by atoms with van der Waals surface area (Å²) in [5, 5.41) is 5.66. The van der Waals surface area contributed by atoms with Crippen molar-refractivity contribution in [1.29, 1.82) is 0 Å². The predicted molar refractivity (Wildman–Crippen MR) is 100 cm³/mol. The van der Waals surface area contributed by atoms with Crippen LogP contribution in [-0.4, -0.2) is 46.7 Å². The van der Waals surface area contributed by atoms with E-state index in [1.807, 2.05) is 6.07 Å². The number of carbonyl (C=O) groups is 4. The molecule has 1 aromatic rings. The first-order chi connectivity index (χ1) is 13.5. The molecule has 1 saturated carbocycles. The van der Waals surface area contributed by atoms with Crippen molar-refractivity contribution < 1.29 is 19.2 Å². The van der Waals surface area contributed by atoms with Gasteiger partial charge in [-0.05, 0) is 37.0 Å². The first kappa shape index (κ1) is 18.8. The van der Waals surface area contributed by atoms with Crippen LogP contribution in [0.2, 0.25) is 0 Å². The standard InChI is InChI=1S/C20H24N4O4/c21-14-3-1-2-4-15(14)22-10-11-5-6-12-13(9-11)20(28)24(19(12)27)16-7-8-17(25)23-18(16)26/h5-6,9,14-16,22H,1-4,7-8,10,21H2,(H,23,25,26)/t14-,15+,16?/m1/s1. The Labute approximate surface area is 162 Å². The van der Waals surface area contributed by atoms with Gasteiger partial charge in [0, 0.05) is 25.0 Å². The summed E-state index contributed by atoms with van der Waals surface area (Å²) in [5.41, 5.74) is 7.67. The van der Waals surface area contributed by atoms with Gasteiger partial charge in [-0.15, -0.1) is 0 Å². The van der Waals surface area contributed by atoms with Crippen molar-refractivity contribution >= 4 is 23.6 Å². The number of nitrogens with one attached hydrogen (secondary N) is 2. The van der Waals surface area contributed by atoms with E-state index in [4.69, 9.17) is 5.73 Å². The van der Waals surface area contributed by atoms with Crippen LogP contribution >= 0.6 is 0 Å². The molecule has 1 unspecified atom stereocenters. The van der Waals surface area contributed by atoms with Crippen LogP contribution in [0.4, 0.5) is 0 Å². The number of benzene rings is 1. The average Bonchev–Trinajstić information content (AvgIpc) is 2.92. The molecule has 1 saturated heterocycles. The van der Waals surface area contributed by atoms with Gasteiger partial charge in [0.15, 0.2) is 0 Å². The molecule has 4 N–H and O–H groups in total. The molecule has 0 aromatic heterocycles. The quantitative estimate of drug-likeness (QED) is 0.648. The number of amides is 4. The number of nitrogens with zero attached hydrogens (tertiary/aromatic N) is 1. The summed E-state index contributed by atoms with van der Waals surface area (Å²) >= 11 is 0. The van der Waals surface area contributed by atoms with E-state index in [1.54, 1.807) is 12.1 Å². The molecule has 0 radical (unpaired) electrons. The maximum Gasteiger partial charge on any atom is 0.262 e. The molecule has 4 amide bonds. The van der Waals surface area contributed by atoms with Crippen LogP contribution in [-0.2, 0) is 16.1 Å². The maximum absolute atomic E-state index is 12.8. The molecule has 3 aliphatic rings. The van der Waals surface area contributed by atoms with Crippen molar-refractivity contribution in [3.63, 3.8) is 0 Å². The molecule has 3 atom stereocenters. The van der Waals surface area contributed by atoms with Crippen LogP contribution in [0.1, 0.15) is 64.8 Å². The van der Waals surface area contributed by atoms with E-state index in [0.29, 0.717) is 17.7 Å². The second-order valence-electron chi connectivity index (χ2n) is 7.76. The maximum atomic E-state index is 12.8. The van der Waals surface area contributed by atoms with Crippen molar-refractivity contribution in [3.8, 4) is 0 Å². The highest BCUT2D eigenvalue weighted by atomic mass is 16.2. The van der Waals surface area contributed by atoms with E-state index in [2.05, 4.69) is 10.6 Å². The molecule has 1 aromatic carbocycles. The van der Waals surface area contributed by atoms with E-state index in [0.717, 1.165) is 36.1 Å². The fourth-order valence-corrected chi connectivity index (χ4v) is 4.29. The van der Waals surface area contributed by atoms with Gasteiger partial charge in [0.2, 0.25) is 11.8 Å². The highest BCUT2D eigenvalue weighted by Gasteiger charge is 2.44. The Bertz CT molecular complexity index is 853. The van der Waals surface area contributed by atoms with E-state index in [1.165, 1.54) is 0 Å². The van der Waals surface area contributed by atoms with Gasteiger partial charge in [-0.25, -0.2) is 0 Å². The lowest BCUT2D eigenvalue weighted by molar-refractivity contribution is -0.136. The Morgan fingerprint density at radius 3 is 2.54 bits per heavy atom. The van der Waals surface area contributed by atoms with E-state index in [-0.39, 0.29) is 30.8 Å². The van der Waals surface area contributed by atoms with Gasteiger partial charge in [0.05, 0.1) is 11.1 Å². The minimum absolute atomic E-state index is 0.112. The molecule has 2 aliphatic heterocycles. The van der Waals surface area contributed by atoms with E-state index < -0.39 is 23.8 Å². The summed E-state index contributed by atoms with van der Waals surface area (Å²) < 4.78 is 0. The molecule has 148 valence electrons. The lowest BCUT2D eigenvalue weighted by atomic mass is 9.91. The van der Waals surface area contributed by atoms with Gasteiger partial charge in [0.1, 0.15) is 6.04 Å². The molecule has 8 heteroatoms. The minimum Gasteiger partial charge on any atom is -0.326 e. The first-order valence-corrected chi connectivity index (χ1v) is 9.79. The number of piperidine rings is 1. The summed E-state index contributed by atoms with van der Waals surface area (Å²) in [7, 11) is 0. The molecule has 28 heavy (non-hydrogen) atoms. The normalized spacial score (nSPS) is 27.8. The summed E-state index contributed by atoms with van der Waals surface area (Å²) in [6, 6.07) is 4.61. The van der Waals surface area contributed by atoms with Crippen LogP contribution in [0.5, 0.6) is 0 Å². The van der Waals surface area contributed by atoms with E-state index in [9.17, 15) is 19.2 Å². The van der Waals surface area contributed by atoms with Gasteiger partial charge in [-0.1, -0.05) is 18.9 Å². The molecule has 0 spiro atoms. The zero-order chi connectivity index (χ0) is 19.8. The smallest absolute Gasteiger partial charge is 0.262 e. The lowest BCUT2D eigenvalue weighted by Crippen LogP contribution is -2.54. The number of imide groups is 2. The van der Waals surface area contributed by atoms with Crippen LogP contribution in [0.3, 0.4) is 0 Å². The molecule has 8 nitrogen and oxygen atoms in total. The molecular formula is C20H24N4O4. The van der Waals surface area contributed by atoms with Crippen molar-refractivity contribution in [2.75, 3.05) is 0 Å². The summed E-state index contributed by atoms with van der Waals surface area (Å²) in [6.07, 6.45) is 4.63. The third-order valence-electron chi connectivity index (χ3n) is 5.89. The van der Waals surface area contributed by atoms with Crippen molar-refractivity contribution in [3.05, 3.63) is 34.9 Å². The fourth-order valence-electron chi connectivity index (χ4n) is 4.29. The van der Waals surface area contributed by atoms with Crippen molar-refractivity contribution in [2.45, 2.75) is 63.2 Å². The Kier molecular flexibility index (Phi) is 4.99. The van der Waals surface area contributed by atoms with Gasteiger partial charge in [-0.3, -0.25) is 29.4 Å². The van der Waals surface area contributed by atoms with Crippen LogP contribution in [0, 0.1) is 0 Å². The lowest BCUT2D eigenvalue weighted by Gasteiger charge is -2.29. The molecule has 1 aliphatic carbocycles. The highest BCUT2D eigenvalue weighted by Crippen LogP contribution is 2.28. The topological polar surface area (TPSA) is 122 Å². The zero-order valence-electron chi connectivity index (χ0n) is 15.6. The number of nitrogens with two attached hydrogens (primary N) is 1. The Balaban J connectivity index is 1.49. The Hall–Kier alpha value is -2.58. The number of hydrogen-bond donors (Lipinski definition) is 3. The molecular weight excluding hydrogens is 360 g/mol. The minimum atomic E-state index is -0.938. The highest BCUT2D eigenvalue weighted by molar-refractivity contribution is 6.23. The fraction of sp³-hybridized carbons (Fsp3) is 0.500. The van der Waals surface area contributed by atoms with Gasteiger partial charge in [0.25, 0.3) is 11.8 Å². The number of rotatable bonds is 4. The van der Waals surface area contributed by atoms with Crippen LogP contribution in [0.25, 0.3) is 0 Å². The average molecular weight is 384 g/mol. The molecule has 2 fully saturated rings. The van der Waals surface area contributed by atoms with Gasteiger partial charge < -0.3 is 11.1 Å². The largest absolute Gasteiger partial charge is 0.326 e. The van der Waals surface area contributed by atoms with Crippen LogP contribution < -0.4 is 16.4 Å². The van der Waals surface area contributed by atoms with Gasteiger partial charge >= 0.3 is 0 Å². The zero-order valence-corrected chi connectivity index (χ0v) is 15.6. The van der Waals surface area contributed by atoms with Crippen molar-refractivity contribution in [2.24, 2.45) is 5.73 Å². The Morgan fingerprint density at radius 1 is 1.04 bits per heavy atom. The number of fused-ring (bicyclic) bond motifs is 1. The summed E-state index contributed by atoms with van der Waals surface area (Å²) in [4.78, 5) is 50.0. The van der Waals surface area contributed by atoms with Gasteiger partial charge in [-0.2, -0.15) is 0 Å². The molecule has 4 rings (SSSR count). The Morgan fingerprint density at radius 2 is 1.79 bits per heavy atom. The third-order valence-corrected chi connectivity index (χ3v) is 5.89. The number of hydrogen-bond acceptors (Lipinski definition) is 6. The second-order valence-corrected chi connectivity index (χ2v) is 7.76. The molecule has 0 bridgehead atoms. The molecule has 2 heterocycles. The third kappa shape index (κ3) is 3.33. The van der Waals surface area contributed by atoms with Crippen molar-refractivity contribution in [1.82, 2.24) is 15.5 Å². The summed E-state index contributed by atoms with van der Waals surface area (Å²) in [5.74, 6) is -1.94. The first-order valence-electron chi connectivity index (χ1n) is 9.79. The SMILES string of the molecule is N[C@@H]1CCCC[C@@H]1NCc1ccc2c(c1)C(=O)N(C1CCC(=O)NC1=O)C2=O.